The molecule has 32 heavy (non-hydrogen) atoms. The van der Waals surface area contributed by atoms with E-state index in [1.54, 1.807) is 25.1 Å². The highest BCUT2D eigenvalue weighted by atomic mass is 35.5. The van der Waals surface area contributed by atoms with E-state index in [1.165, 1.54) is 17.0 Å². The maximum Gasteiger partial charge on any atom is 0.266 e. The lowest BCUT2D eigenvalue weighted by Crippen LogP contribution is -2.45. The number of sulfonamides is 1. The molecule has 0 radical (unpaired) electrons. The number of fused-ring (bicyclic) bond motifs is 1. The number of nitrogens with one attached hydrogen (secondary N) is 1. The van der Waals surface area contributed by atoms with Gasteiger partial charge >= 0.3 is 0 Å². The first-order valence-corrected chi connectivity index (χ1v) is 12.4. The van der Waals surface area contributed by atoms with E-state index >= 15 is 0 Å². The number of anilines is 1. The maximum absolute atomic E-state index is 13.7. The second kappa shape index (κ2) is 7.99. The molecule has 2 aliphatic rings. The monoisotopic (exact) mass is 482 g/mol. The van der Waals surface area contributed by atoms with Gasteiger partial charge in [-0.3, -0.25) is 4.79 Å². The number of benzene rings is 2. The summed E-state index contributed by atoms with van der Waals surface area (Å²) in [4.78, 5) is 14.8. The Morgan fingerprint density at radius 1 is 1.19 bits per heavy atom. The zero-order valence-electron chi connectivity index (χ0n) is 17.9. The van der Waals surface area contributed by atoms with Gasteiger partial charge in [-0.1, -0.05) is 36.7 Å². The van der Waals surface area contributed by atoms with E-state index in [-0.39, 0.29) is 17.9 Å². The fourth-order valence-electron chi connectivity index (χ4n) is 4.95. The highest BCUT2D eigenvalue weighted by molar-refractivity contribution is 7.90. The highest BCUT2D eigenvalue weighted by Crippen LogP contribution is 2.44. The van der Waals surface area contributed by atoms with Crippen molar-refractivity contribution in [1.82, 2.24) is 4.72 Å². The van der Waals surface area contributed by atoms with Crippen molar-refractivity contribution in [3.8, 4) is 0 Å². The molecule has 1 aliphatic heterocycles. The van der Waals surface area contributed by atoms with Crippen molar-refractivity contribution in [1.29, 1.82) is 0 Å². The summed E-state index contributed by atoms with van der Waals surface area (Å²) < 4.78 is 56.1. The van der Waals surface area contributed by atoms with Gasteiger partial charge in [-0.2, -0.15) is 0 Å². The van der Waals surface area contributed by atoms with Crippen molar-refractivity contribution in [3.63, 3.8) is 0 Å². The molecule has 1 heterocycles. The molecular formula is C23H25ClF2N2O3S. The lowest BCUT2D eigenvalue weighted by atomic mass is 9.79. The average molecular weight is 483 g/mol. The number of nitrogens with zero attached hydrogens (tertiary/aromatic N) is 1. The van der Waals surface area contributed by atoms with E-state index in [2.05, 4.69) is 4.72 Å². The molecule has 0 aromatic heterocycles. The first kappa shape index (κ1) is 23.0. The Balaban J connectivity index is 1.65. The highest BCUT2D eigenvalue weighted by Gasteiger charge is 2.46. The fraction of sp³-hybridized carbons (Fsp3) is 0.435. The predicted octanol–water partition coefficient (Wildman–Crippen LogP) is 4.59. The maximum atomic E-state index is 13.7. The molecule has 172 valence electrons. The molecule has 1 N–H and O–H groups in total. The van der Waals surface area contributed by atoms with E-state index in [9.17, 15) is 22.0 Å². The lowest BCUT2D eigenvalue weighted by Gasteiger charge is -2.28. The van der Waals surface area contributed by atoms with E-state index < -0.39 is 33.8 Å². The molecule has 0 bridgehead atoms. The van der Waals surface area contributed by atoms with Crippen molar-refractivity contribution >= 4 is 33.2 Å². The minimum atomic E-state index is -4.22. The molecule has 1 aliphatic carbocycles. The Morgan fingerprint density at radius 3 is 2.56 bits per heavy atom. The van der Waals surface area contributed by atoms with Crippen LogP contribution in [0.15, 0.2) is 41.3 Å². The first-order chi connectivity index (χ1) is 15.0. The van der Waals surface area contributed by atoms with E-state index in [0.29, 0.717) is 35.5 Å². The smallest absolute Gasteiger partial charge is 0.266 e. The number of carbonyl (C=O) groups is 1. The zero-order chi connectivity index (χ0) is 23.3. The SMILES string of the molecule is CCC1(C(=O)NS(=O)(=O)c2cccc(N3CCC(F)(F)C3)c2C)CCc2c(Cl)cccc21. The molecule has 1 fully saturated rings. The number of amides is 1. The van der Waals surface area contributed by atoms with Gasteiger partial charge in [0.1, 0.15) is 0 Å². The summed E-state index contributed by atoms with van der Waals surface area (Å²) in [6, 6.07) is 9.87. The van der Waals surface area contributed by atoms with Gasteiger partial charge < -0.3 is 4.90 Å². The molecule has 4 rings (SSSR count). The van der Waals surface area contributed by atoms with Crippen molar-refractivity contribution in [3.05, 3.63) is 58.1 Å². The van der Waals surface area contributed by atoms with Crippen LogP contribution in [0, 0.1) is 6.92 Å². The van der Waals surface area contributed by atoms with Crippen molar-refractivity contribution in [2.24, 2.45) is 0 Å². The first-order valence-electron chi connectivity index (χ1n) is 10.6. The van der Waals surface area contributed by atoms with Crippen LogP contribution in [0.25, 0.3) is 0 Å². The van der Waals surface area contributed by atoms with Gasteiger partial charge in [0.05, 0.1) is 16.9 Å². The van der Waals surface area contributed by atoms with Gasteiger partial charge in [0.25, 0.3) is 15.9 Å². The molecule has 1 saturated heterocycles. The number of hydrogen-bond acceptors (Lipinski definition) is 4. The third-order valence-corrected chi connectivity index (χ3v) is 8.59. The van der Waals surface area contributed by atoms with E-state index in [0.717, 1.165) is 11.1 Å². The molecule has 0 saturated carbocycles. The van der Waals surface area contributed by atoms with Crippen molar-refractivity contribution < 1.29 is 22.0 Å². The second-order valence-corrected chi connectivity index (χ2v) is 10.6. The number of hydrogen-bond donors (Lipinski definition) is 1. The van der Waals surface area contributed by atoms with E-state index in [4.69, 9.17) is 11.6 Å². The summed E-state index contributed by atoms with van der Waals surface area (Å²) in [5.74, 6) is -3.40. The van der Waals surface area contributed by atoms with Crippen LogP contribution in [0.2, 0.25) is 5.02 Å². The third kappa shape index (κ3) is 3.77. The van der Waals surface area contributed by atoms with Gasteiger partial charge in [0, 0.05) is 23.7 Å². The Hall–Kier alpha value is -2.19. The number of carbonyl (C=O) groups excluding carboxylic acids is 1. The van der Waals surface area contributed by atoms with Crippen LogP contribution < -0.4 is 9.62 Å². The van der Waals surface area contributed by atoms with Crippen LogP contribution in [-0.2, 0) is 26.7 Å². The number of alkyl halides is 2. The summed E-state index contributed by atoms with van der Waals surface area (Å²) in [5.41, 5.74) is 1.41. The largest absolute Gasteiger partial charge is 0.365 e. The molecular weight excluding hydrogens is 458 g/mol. The van der Waals surface area contributed by atoms with Crippen molar-refractivity contribution in [2.75, 3.05) is 18.0 Å². The second-order valence-electron chi connectivity index (χ2n) is 8.56. The lowest BCUT2D eigenvalue weighted by molar-refractivity contribution is -0.125. The molecule has 9 heteroatoms. The van der Waals surface area contributed by atoms with Gasteiger partial charge in [-0.25, -0.2) is 21.9 Å². The van der Waals surface area contributed by atoms with Crippen LogP contribution in [0.3, 0.4) is 0 Å². The van der Waals surface area contributed by atoms with Crippen molar-refractivity contribution in [2.45, 2.75) is 55.8 Å². The fourth-order valence-corrected chi connectivity index (χ4v) is 6.53. The van der Waals surface area contributed by atoms with Crippen LogP contribution >= 0.6 is 11.6 Å². The average Bonchev–Trinajstić information content (AvgIpc) is 3.29. The predicted molar refractivity (Wildman–Crippen MR) is 120 cm³/mol. The van der Waals surface area contributed by atoms with Gasteiger partial charge in [0.2, 0.25) is 5.91 Å². The van der Waals surface area contributed by atoms with Gasteiger partial charge in [0.15, 0.2) is 0 Å². The summed E-state index contributed by atoms with van der Waals surface area (Å²) in [6.45, 7) is 3.10. The van der Waals surface area contributed by atoms with Crippen LogP contribution in [0.1, 0.15) is 42.9 Å². The van der Waals surface area contributed by atoms with Crippen LogP contribution in [-0.4, -0.2) is 33.3 Å². The number of halogens is 3. The molecule has 0 spiro atoms. The normalized spacial score (nSPS) is 22.1. The molecule has 2 aromatic rings. The Bertz CT molecular complexity index is 1190. The van der Waals surface area contributed by atoms with Gasteiger partial charge in [-0.15, -0.1) is 0 Å². The minimum absolute atomic E-state index is 0.0888. The molecule has 1 amide bonds. The standard InChI is InChI=1S/C23H25ClF2N2O3S/c1-3-22(11-10-16-17(22)6-4-7-18(16)24)21(29)27-32(30,31)20-9-5-8-19(15(20)2)28-13-12-23(25,26)14-28/h4-9H,3,10-14H2,1-2H3,(H,27,29). The summed E-state index contributed by atoms with van der Waals surface area (Å²) in [7, 11) is -4.22. The zero-order valence-corrected chi connectivity index (χ0v) is 19.5. The topological polar surface area (TPSA) is 66.5 Å². The summed E-state index contributed by atoms with van der Waals surface area (Å²) in [5, 5.41) is 0.569. The minimum Gasteiger partial charge on any atom is -0.365 e. The summed E-state index contributed by atoms with van der Waals surface area (Å²) >= 11 is 6.30. The molecule has 1 unspecified atom stereocenters. The summed E-state index contributed by atoms with van der Waals surface area (Å²) in [6.07, 6.45) is 1.20. The molecule has 5 nitrogen and oxygen atoms in total. The molecule has 2 aromatic carbocycles. The van der Waals surface area contributed by atoms with Gasteiger partial charge in [-0.05, 0) is 61.1 Å². The van der Waals surface area contributed by atoms with E-state index in [1.807, 2.05) is 13.0 Å². The number of rotatable bonds is 5. The Morgan fingerprint density at radius 2 is 1.91 bits per heavy atom. The third-order valence-electron chi connectivity index (χ3n) is 6.76. The quantitative estimate of drug-likeness (QED) is 0.676. The van der Waals surface area contributed by atoms with Crippen LogP contribution in [0.4, 0.5) is 14.5 Å². The Labute approximate surface area is 191 Å². The van der Waals surface area contributed by atoms with Crippen LogP contribution in [0.5, 0.6) is 0 Å². The Kier molecular flexibility index (Phi) is 5.74. The molecule has 1 atom stereocenters.